The van der Waals surface area contributed by atoms with Gasteiger partial charge in [-0.25, -0.2) is 9.45 Å². The first-order valence-electron chi connectivity index (χ1n) is 8.41. The van der Waals surface area contributed by atoms with E-state index in [4.69, 9.17) is 9.57 Å². The highest BCUT2D eigenvalue weighted by atomic mass is 19.1. The second-order valence-electron chi connectivity index (χ2n) is 6.15. The largest absolute Gasteiger partial charge is 0.468 e. The Kier molecular flexibility index (Phi) is 5.63. The average molecular weight is 357 g/mol. The summed E-state index contributed by atoms with van der Waals surface area (Å²) in [7, 11) is 1.25. The number of hydrogen-bond donors (Lipinski definition) is 0. The minimum absolute atomic E-state index is 0.238. The second-order valence-corrected chi connectivity index (χ2v) is 6.15. The Morgan fingerprint density at radius 1 is 1.15 bits per heavy atom. The molecule has 0 radical (unpaired) electrons. The van der Waals surface area contributed by atoms with Gasteiger partial charge in [-0.15, -0.1) is 0 Å². The van der Waals surface area contributed by atoms with E-state index in [1.54, 1.807) is 12.1 Å². The van der Waals surface area contributed by atoms with E-state index >= 15 is 0 Å². The first-order chi connectivity index (χ1) is 12.6. The zero-order valence-corrected chi connectivity index (χ0v) is 14.4. The molecule has 0 aliphatic carbocycles. The monoisotopic (exact) mass is 357 g/mol. The van der Waals surface area contributed by atoms with Crippen LogP contribution in [0.15, 0.2) is 54.6 Å². The van der Waals surface area contributed by atoms with E-state index in [-0.39, 0.29) is 18.3 Å². The lowest BCUT2D eigenvalue weighted by Crippen LogP contribution is -2.48. The van der Waals surface area contributed by atoms with Crippen molar-refractivity contribution in [1.82, 2.24) is 5.06 Å². The van der Waals surface area contributed by atoms with Gasteiger partial charge in [0.2, 0.25) is 0 Å². The summed E-state index contributed by atoms with van der Waals surface area (Å²) in [5.74, 6) is -2.79. The van der Waals surface area contributed by atoms with E-state index in [0.717, 1.165) is 11.1 Å². The molecule has 0 aromatic heterocycles. The molecule has 2 aromatic rings. The highest BCUT2D eigenvalue weighted by Gasteiger charge is 2.43. The molecule has 2 atom stereocenters. The zero-order valence-electron chi connectivity index (χ0n) is 14.4. The van der Waals surface area contributed by atoms with Crippen LogP contribution in [0.3, 0.4) is 0 Å². The molecule has 3 rings (SSSR count). The Bertz CT molecular complexity index is 763. The third-order valence-corrected chi connectivity index (χ3v) is 4.54. The minimum Gasteiger partial charge on any atom is -0.468 e. The number of hydroxylamine groups is 2. The van der Waals surface area contributed by atoms with Gasteiger partial charge in [0.25, 0.3) is 5.91 Å². The van der Waals surface area contributed by atoms with Crippen molar-refractivity contribution in [1.29, 1.82) is 0 Å². The van der Waals surface area contributed by atoms with E-state index in [2.05, 4.69) is 0 Å². The number of halogens is 1. The molecule has 0 unspecified atom stereocenters. The third-order valence-electron chi connectivity index (χ3n) is 4.54. The lowest BCUT2D eigenvalue weighted by atomic mass is 9.80. The van der Waals surface area contributed by atoms with Crippen molar-refractivity contribution >= 4 is 11.9 Å². The lowest BCUT2D eigenvalue weighted by Gasteiger charge is -2.35. The fourth-order valence-corrected chi connectivity index (χ4v) is 3.18. The van der Waals surface area contributed by atoms with Gasteiger partial charge in [0.1, 0.15) is 18.3 Å². The number of ether oxygens (including phenoxy) is 1. The van der Waals surface area contributed by atoms with Gasteiger partial charge in [-0.2, -0.15) is 0 Å². The van der Waals surface area contributed by atoms with Gasteiger partial charge in [0.05, 0.1) is 7.11 Å². The van der Waals surface area contributed by atoms with Crippen LogP contribution in [0.25, 0.3) is 0 Å². The van der Waals surface area contributed by atoms with Crippen LogP contribution in [0.5, 0.6) is 0 Å². The number of benzene rings is 2. The highest BCUT2D eigenvalue weighted by Crippen LogP contribution is 2.35. The van der Waals surface area contributed by atoms with E-state index in [0.29, 0.717) is 13.0 Å². The van der Waals surface area contributed by atoms with Crippen molar-refractivity contribution in [2.45, 2.75) is 18.9 Å². The lowest BCUT2D eigenvalue weighted by molar-refractivity contribution is -0.206. The Morgan fingerprint density at radius 2 is 1.85 bits per heavy atom. The molecule has 0 bridgehead atoms. The summed E-state index contributed by atoms with van der Waals surface area (Å²) in [6.07, 6.45) is 0.520. The van der Waals surface area contributed by atoms with Crippen LogP contribution in [-0.4, -0.2) is 30.6 Å². The van der Waals surface area contributed by atoms with Crippen molar-refractivity contribution in [3.63, 3.8) is 0 Å². The molecule has 6 heteroatoms. The van der Waals surface area contributed by atoms with Crippen LogP contribution in [0.1, 0.15) is 23.5 Å². The summed E-state index contributed by atoms with van der Waals surface area (Å²) in [6, 6.07) is 15.3. The van der Waals surface area contributed by atoms with Gasteiger partial charge in [0.15, 0.2) is 0 Å². The number of carbonyl (C=O) groups is 2. The molecule has 2 aromatic carbocycles. The highest BCUT2D eigenvalue weighted by molar-refractivity contribution is 5.99. The minimum atomic E-state index is -1.00. The van der Waals surface area contributed by atoms with E-state index in [1.807, 2.05) is 30.3 Å². The number of nitrogens with zero attached hydrogens (tertiary/aromatic N) is 1. The Morgan fingerprint density at radius 3 is 2.50 bits per heavy atom. The van der Waals surface area contributed by atoms with Gasteiger partial charge < -0.3 is 4.74 Å². The molecule has 1 amide bonds. The van der Waals surface area contributed by atoms with Crippen LogP contribution >= 0.6 is 0 Å². The molecule has 1 fully saturated rings. The number of carbonyl (C=O) groups excluding carboxylic acids is 2. The summed E-state index contributed by atoms with van der Waals surface area (Å²) < 4.78 is 18.0. The number of amides is 1. The SMILES string of the molecule is COC(=O)[C@@H]1C(=O)N(OCc2ccccc2)CC[C@H]1c1ccc(F)cc1. The maximum Gasteiger partial charge on any atom is 0.318 e. The van der Waals surface area contributed by atoms with E-state index in [1.165, 1.54) is 24.3 Å². The number of piperidine rings is 1. The molecule has 1 aliphatic rings. The van der Waals surface area contributed by atoms with Gasteiger partial charge in [-0.1, -0.05) is 42.5 Å². The molecule has 1 heterocycles. The smallest absolute Gasteiger partial charge is 0.318 e. The van der Waals surface area contributed by atoms with Crippen molar-refractivity contribution < 1.29 is 23.6 Å². The molecule has 1 aliphatic heterocycles. The Hall–Kier alpha value is -2.73. The molecule has 0 spiro atoms. The normalized spacial score (nSPS) is 20.1. The van der Waals surface area contributed by atoms with Gasteiger partial charge in [0, 0.05) is 12.5 Å². The molecule has 5 nitrogen and oxygen atoms in total. The van der Waals surface area contributed by atoms with Crippen LogP contribution in [0.2, 0.25) is 0 Å². The number of rotatable bonds is 5. The first kappa shape index (κ1) is 18.1. The fourth-order valence-electron chi connectivity index (χ4n) is 3.18. The molecule has 26 heavy (non-hydrogen) atoms. The van der Waals surface area contributed by atoms with Crippen molar-refractivity contribution in [3.8, 4) is 0 Å². The van der Waals surface area contributed by atoms with Gasteiger partial charge >= 0.3 is 5.97 Å². The average Bonchev–Trinajstić information content (AvgIpc) is 2.67. The Labute approximate surface area is 151 Å². The second kappa shape index (κ2) is 8.10. The van der Waals surface area contributed by atoms with Crippen molar-refractivity contribution in [3.05, 3.63) is 71.5 Å². The first-order valence-corrected chi connectivity index (χ1v) is 8.41. The molecule has 0 saturated carbocycles. The maximum absolute atomic E-state index is 13.2. The predicted molar refractivity (Wildman–Crippen MR) is 92.2 cm³/mol. The zero-order chi connectivity index (χ0) is 18.5. The predicted octanol–water partition coefficient (Wildman–Crippen LogP) is 3.06. The van der Waals surface area contributed by atoms with Gasteiger partial charge in [-0.05, 0) is 29.7 Å². The summed E-state index contributed by atoms with van der Waals surface area (Å²) in [6.45, 7) is 0.586. The van der Waals surface area contributed by atoms with Crippen molar-refractivity contribution in [2.24, 2.45) is 5.92 Å². The Balaban J connectivity index is 1.76. The number of esters is 1. The van der Waals surface area contributed by atoms with Crippen LogP contribution in [-0.2, 0) is 25.8 Å². The fraction of sp³-hybridized carbons (Fsp3) is 0.300. The van der Waals surface area contributed by atoms with Crippen molar-refractivity contribution in [2.75, 3.05) is 13.7 Å². The third kappa shape index (κ3) is 3.91. The molecular weight excluding hydrogens is 337 g/mol. The molecule has 1 saturated heterocycles. The summed E-state index contributed by atoms with van der Waals surface area (Å²) >= 11 is 0. The summed E-state index contributed by atoms with van der Waals surface area (Å²) in [5.41, 5.74) is 1.66. The molecular formula is C20H20FNO4. The maximum atomic E-state index is 13.2. The van der Waals surface area contributed by atoms with E-state index < -0.39 is 17.8 Å². The van der Waals surface area contributed by atoms with Gasteiger partial charge in [-0.3, -0.25) is 14.4 Å². The standard InChI is InChI=1S/C20H20FNO4/c1-25-20(24)18-17(15-7-9-16(21)10-8-15)11-12-22(19(18)23)26-13-14-5-3-2-4-6-14/h2-10,17-18H,11-13H2,1H3/t17-,18-/m0/s1. The number of methoxy groups -OCH3 is 1. The summed E-state index contributed by atoms with van der Waals surface area (Å²) in [5, 5.41) is 1.23. The van der Waals surface area contributed by atoms with E-state index in [9.17, 15) is 14.0 Å². The summed E-state index contributed by atoms with van der Waals surface area (Å²) in [4.78, 5) is 30.7. The van der Waals surface area contributed by atoms with Crippen LogP contribution in [0.4, 0.5) is 4.39 Å². The molecule has 0 N–H and O–H groups in total. The van der Waals surface area contributed by atoms with Crippen LogP contribution in [0, 0.1) is 11.7 Å². The quantitative estimate of drug-likeness (QED) is 0.610. The molecule has 136 valence electrons. The van der Waals surface area contributed by atoms with Crippen LogP contribution < -0.4 is 0 Å². The number of hydrogen-bond acceptors (Lipinski definition) is 4. The topological polar surface area (TPSA) is 55.8 Å².